The number of carboxylic acids is 1. The number of halogens is 1. The molecular formula is C17H19FN4O3. The molecule has 7 nitrogen and oxygen atoms in total. The Morgan fingerprint density at radius 1 is 1.28 bits per heavy atom. The maximum Gasteiger partial charge on any atom is 0.358 e. The molecule has 8 heteroatoms. The van der Waals surface area contributed by atoms with Crippen LogP contribution in [0.5, 0.6) is 0 Å². The van der Waals surface area contributed by atoms with E-state index in [9.17, 15) is 14.0 Å². The Balaban J connectivity index is 1.49. The van der Waals surface area contributed by atoms with Crippen LogP contribution in [0.25, 0.3) is 0 Å². The Morgan fingerprint density at radius 2 is 2.04 bits per heavy atom. The number of aromatic carboxylic acids is 1. The van der Waals surface area contributed by atoms with Gasteiger partial charge in [-0.3, -0.25) is 4.79 Å². The summed E-state index contributed by atoms with van der Waals surface area (Å²) in [5, 5.41) is 16.0. The van der Waals surface area contributed by atoms with Crippen molar-refractivity contribution in [1.29, 1.82) is 0 Å². The molecule has 0 bridgehead atoms. The third kappa shape index (κ3) is 4.40. The van der Waals surface area contributed by atoms with Gasteiger partial charge in [-0.1, -0.05) is 17.3 Å². The van der Waals surface area contributed by atoms with Crippen molar-refractivity contribution in [3.05, 3.63) is 47.5 Å². The van der Waals surface area contributed by atoms with E-state index in [1.54, 1.807) is 17.0 Å². The van der Waals surface area contributed by atoms with E-state index in [1.807, 2.05) is 6.07 Å². The zero-order valence-electron chi connectivity index (χ0n) is 13.6. The fraction of sp³-hybridized carbons (Fsp3) is 0.412. The molecule has 1 amide bonds. The van der Waals surface area contributed by atoms with Crippen molar-refractivity contribution in [2.75, 3.05) is 13.1 Å². The predicted molar refractivity (Wildman–Crippen MR) is 86.4 cm³/mol. The van der Waals surface area contributed by atoms with Crippen molar-refractivity contribution in [3.8, 4) is 0 Å². The molecule has 132 valence electrons. The van der Waals surface area contributed by atoms with Crippen molar-refractivity contribution < 1.29 is 19.1 Å². The Labute approximate surface area is 144 Å². The summed E-state index contributed by atoms with van der Waals surface area (Å²) in [6.07, 6.45) is 3.78. The van der Waals surface area contributed by atoms with Gasteiger partial charge in [-0.25, -0.2) is 13.9 Å². The molecular weight excluding hydrogens is 327 g/mol. The molecule has 0 atom stereocenters. The smallest absolute Gasteiger partial charge is 0.358 e. The highest BCUT2D eigenvalue weighted by Crippen LogP contribution is 2.22. The maximum atomic E-state index is 13.2. The third-order valence-electron chi connectivity index (χ3n) is 4.44. The summed E-state index contributed by atoms with van der Waals surface area (Å²) < 4.78 is 14.5. The van der Waals surface area contributed by atoms with Gasteiger partial charge in [0.05, 0.1) is 6.20 Å². The van der Waals surface area contributed by atoms with Gasteiger partial charge in [-0.15, -0.1) is 5.10 Å². The Hall–Kier alpha value is -2.77. The summed E-state index contributed by atoms with van der Waals surface area (Å²) in [6.45, 7) is 1.26. The quantitative estimate of drug-likeness (QED) is 0.888. The minimum atomic E-state index is -1.17. The molecule has 0 unspecified atom stereocenters. The van der Waals surface area contributed by atoms with Gasteiger partial charge in [0, 0.05) is 13.1 Å². The number of hydrogen-bond donors (Lipinski definition) is 1. The molecule has 1 aromatic carbocycles. The van der Waals surface area contributed by atoms with Crippen molar-refractivity contribution in [3.63, 3.8) is 0 Å². The van der Waals surface area contributed by atoms with Gasteiger partial charge in [0.2, 0.25) is 5.91 Å². The van der Waals surface area contributed by atoms with Crippen LogP contribution in [-0.4, -0.2) is 50.0 Å². The first-order chi connectivity index (χ1) is 12.0. The summed E-state index contributed by atoms with van der Waals surface area (Å²) >= 11 is 0. The predicted octanol–water partition coefficient (Wildman–Crippen LogP) is 1.60. The van der Waals surface area contributed by atoms with Crippen LogP contribution in [0.3, 0.4) is 0 Å². The van der Waals surface area contributed by atoms with E-state index in [0.29, 0.717) is 19.0 Å². The molecule has 0 radical (unpaired) electrons. The molecule has 25 heavy (non-hydrogen) atoms. The van der Waals surface area contributed by atoms with E-state index in [0.717, 1.165) is 24.8 Å². The third-order valence-corrected chi connectivity index (χ3v) is 4.44. The van der Waals surface area contributed by atoms with E-state index in [-0.39, 0.29) is 24.0 Å². The van der Waals surface area contributed by atoms with Crippen LogP contribution in [0.4, 0.5) is 4.39 Å². The van der Waals surface area contributed by atoms with Crippen molar-refractivity contribution in [1.82, 2.24) is 19.9 Å². The van der Waals surface area contributed by atoms with Crippen LogP contribution in [0.1, 0.15) is 28.9 Å². The minimum Gasteiger partial charge on any atom is -0.476 e. The van der Waals surface area contributed by atoms with Gasteiger partial charge in [-0.2, -0.15) is 0 Å². The van der Waals surface area contributed by atoms with Gasteiger partial charge in [0.25, 0.3) is 0 Å². The number of nitrogens with zero attached hydrogens (tertiary/aromatic N) is 4. The van der Waals surface area contributed by atoms with E-state index < -0.39 is 5.97 Å². The summed E-state index contributed by atoms with van der Waals surface area (Å²) in [4.78, 5) is 24.8. The topological polar surface area (TPSA) is 88.3 Å². The first kappa shape index (κ1) is 17.1. The highest BCUT2D eigenvalue weighted by Gasteiger charge is 2.23. The zero-order chi connectivity index (χ0) is 17.8. The normalized spacial score (nSPS) is 15.3. The fourth-order valence-electron chi connectivity index (χ4n) is 3.10. The zero-order valence-corrected chi connectivity index (χ0v) is 13.6. The van der Waals surface area contributed by atoms with Crippen molar-refractivity contribution in [2.45, 2.75) is 25.8 Å². The molecule has 1 saturated heterocycles. The standard InChI is InChI=1S/C17H19FN4O3/c18-14-3-1-2-13(9-14)8-12-4-6-21(7-5-12)16(23)11-22-10-15(17(24)25)19-20-22/h1-3,9-10,12H,4-8,11H2,(H,24,25). The minimum absolute atomic E-state index is 0.0190. The average molecular weight is 346 g/mol. The number of carbonyl (C=O) groups excluding carboxylic acids is 1. The number of carboxylic acid groups (broad SMARTS) is 1. The molecule has 2 heterocycles. The first-order valence-electron chi connectivity index (χ1n) is 8.17. The molecule has 2 aromatic rings. The summed E-state index contributed by atoms with van der Waals surface area (Å²) in [5.74, 6) is -1.07. The number of amides is 1. The molecule has 0 saturated carbocycles. The van der Waals surface area contributed by atoms with E-state index >= 15 is 0 Å². The average Bonchev–Trinajstić information content (AvgIpc) is 3.04. The molecule has 0 spiro atoms. The van der Waals surface area contributed by atoms with Gasteiger partial charge in [0.1, 0.15) is 12.4 Å². The number of aromatic nitrogens is 3. The van der Waals surface area contributed by atoms with Crippen LogP contribution >= 0.6 is 0 Å². The lowest BCUT2D eigenvalue weighted by Gasteiger charge is -2.32. The van der Waals surface area contributed by atoms with E-state index in [4.69, 9.17) is 5.11 Å². The van der Waals surface area contributed by atoms with E-state index in [1.165, 1.54) is 16.9 Å². The first-order valence-corrected chi connectivity index (χ1v) is 8.17. The van der Waals surface area contributed by atoms with Crippen LogP contribution in [0.15, 0.2) is 30.5 Å². The summed E-state index contributed by atoms with van der Waals surface area (Å²) in [6, 6.07) is 6.63. The Kier molecular flexibility index (Phi) is 5.06. The maximum absolute atomic E-state index is 13.2. The van der Waals surface area contributed by atoms with Crippen LogP contribution in [-0.2, 0) is 17.8 Å². The Morgan fingerprint density at radius 3 is 2.68 bits per heavy atom. The number of benzene rings is 1. The molecule has 1 aliphatic heterocycles. The second-order valence-electron chi connectivity index (χ2n) is 6.26. The number of likely N-dealkylation sites (tertiary alicyclic amines) is 1. The lowest BCUT2D eigenvalue weighted by Crippen LogP contribution is -2.40. The van der Waals surface area contributed by atoms with E-state index in [2.05, 4.69) is 10.3 Å². The Bertz CT molecular complexity index is 769. The summed E-state index contributed by atoms with van der Waals surface area (Å²) in [7, 11) is 0. The highest BCUT2D eigenvalue weighted by atomic mass is 19.1. The number of carbonyl (C=O) groups is 2. The largest absolute Gasteiger partial charge is 0.476 e. The van der Waals surface area contributed by atoms with Crippen LogP contribution in [0, 0.1) is 11.7 Å². The molecule has 1 fully saturated rings. The molecule has 1 aromatic heterocycles. The highest BCUT2D eigenvalue weighted by molar-refractivity contribution is 5.84. The van der Waals surface area contributed by atoms with Crippen LogP contribution in [0.2, 0.25) is 0 Å². The monoisotopic (exact) mass is 346 g/mol. The molecule has 1 aliphatic rings. The molecule has 1 N–H and O–H groups in total. The van der Waals surface area contributed by atoms with Gasteiger partial charge in [-0.05, 0) is 42.9 Å². The fourth-order valence-corrected chi connectivity index (χ4v) is 3.10. The number of hydrogen-bond acceptors (Lipinski definition) is 4. The molecule has 3 rings (SSSR count). The van der Waals surface area contributed by atoms with Crippen molar-refractivity contribution in [2.24, 2.45) is 5.92 Å². The summed E-state index contributed by atoms with van der Waals surface area (Å²) in [5.41, 5.74) is 0.801. The molecule has 0 aliphatic carbocycles. The number of rotatable bonds is 5. The second-order valence-corrected chi connectivity index (χ2v) is 6.26. The lowest BCUT2D eigenvalue weighted by atomic mass is 9.90. The van der Waals surface area contributed by atoms with Gasteiger partial charge < -0.3 is 10.0 Å². The number of piperidine rings is 1. The van der Waals surface area contributed by atoms with Gasteiger partial charge in [0.15, 0.2) is 5.69 Å². The lowest BCUT2D eigenvalue weighted by molar-refractivity contribution is -0.133. The second kappa shape index (κ2) is 7.42. The van der Waals surface area contributed by atoms with Gasteiger partial charge >= 0.3 is 5.97 Å². The SMILES string of the molecule is O=C(O)c1cn(CC(=O)N2CCC(Cc3cccc(F)c3)CC2)nn1. The van der Waals surface area contributed by atoms with Crippen molar-refractivity contribution >= 4 is 11.9 Å². The van der Waals surface area contributed by atoms with Crippen LogP contribution < -0.4 is 0 Å².